The Morgan fingerprint density at radius 3 is 2.67 bits per heavy atom. The van der Waals surface area contributed by atoms with Crippen LogP contribution in [0.4, 0.5) is 22.0 Å². The highest BCUT2D eigenvalue weighted by molar-refractivity contribution is 5.81. The van der Waals surface area contributed by atoms with Gasteiger partial charge in [0.1, 0.15) is 6.67 Å². The third kappa shape index (κ3) is 3.98. The second-order valence-electron chi connectivity index (χ2n) is 6.26. The number of amides is 1. The highest BCUT2D eigenvalue weighted by Crippen LogP contribution is 2.34. The normalized spacial score (nSPS) is 30.0. The van der Waals surface area contributed by atoms with Gasteiger partial charge in [0, 0.05) is 6.04 Å². The average molecular weight is 396 g/mol. The quantitative estimate of drug-likeness (QED) is 0.566. The minimum atomic E-state index is -5.03. The zero-order chi connectivity index (χ0) is 19.9. The van der Waals surface area contributed by atoms with Crippen molar-refractivity contribution >= 4 is 5.91 Å². The number of hydrogen-bond acceptors (Lipinski definition) is 6. The van der Waals surface area contributed by atoms with Crippen molar-refractivity contribution in [3.8, 4) is 5.75 Å². The Kier molecular flexibility index (Phi) is 5.25. The molecule has 2 aliphatic rings. The fourth-order valence-electron chi connectivity index (χ4n) is 3.32. The first-order chi connectivity index (χ1) is 12.6. The molecular weight excluding hydrogens is 379 g/mol. The molecule has 5 unspecified atom stereocenters. The average Bonchev–Trinajstić information content (AvgIpc) is 2.93. The van der Waals surface area contributed by atoms with Crippen LogP contribution in [-0.2, 0) is 4.79 Å². The summed E-state index contributed by atoms with van der Waals surface area (Å²) in [4.78, 5) is 12.1. The summed E-state index contributed by atoms with van der Waals surface area (Å²) in [6.45, 7) is 0.715. The molecule has 0 aromatic heterocycles. The fraction of sp³-hybridized carbons (Fsp3) is 0.533. The van der Waals surface area contributed by atoms with E-state index in [1.54, 1.807) is 6.92 Å². The molecular formula is C15H17F5N4O3. The molecule has 4 N–H and O–H groups in total. The number of carbonyl (C=O) groups is 1. The van der Waals surface area contributed by atoms with E-state index in [0.29, 0.717) is 0 Å². The van der Waals surface area contributed by atoms with Crippen molar-refractivity contribution in [1.29, 1.82) is 0 Å². The van der Waals surface area contributed by atoms with Gasteiger partial charge in [0.2, 0.25) is 5.91 Å². The lowest BCUT2D eigenvalue weighted by atomic mass is 9.96. The number of benzene rings is 1. The highest BCUT2D eigenvalue weighted by atomic mass is 19.4. The van der Waals surface area contributed by atoms with Crippen molar-refractivity contribution < 1.29 is 36.6 Å². The van der Waals surface area contributed by atoms with E-state index in [4.69, 9.17) is 0 Å². The van der Waals surface area contributed by atoms with Gasteiger partial charge >= 0.3 is 6.36 Å². The number of hydrazine groups is 1. The minimum Gasteiger partial charge on any atom is -0.403 e. The second-order valence-corrected chi connectivity index (χ2v) is 6.26. The summed E-state index contributed by atoms with van der Waals surface area (Å²) in [5.74, 6) is -3.61. The summed E-state index contributed by atoms with van der Waals surface area (Å²) < 4.78 is 67.6. The van der Waals surface area contributed by atoms with E-state index >= 15 is 0 Å². The third-order valence-corrected chi connectivity index (χ3v) is 4.55. The Hall–Kier alpha value is -2.02. The van der Waals surface area contributed by atoms with E-state index in [1.165, 1.54) is 11.1 Å². The topological polar surface area (TPSA) is 85.9 Å². The Morgan fingerprint density at radius 2 is 2.07 bits per heavy atom. The second kappa shape index (κ2) is 7.19. The molecule has 2 aliphatic heterocycles. The monoisotopic (exact) mass is 396 g/mol. The van der Waals surface area contributed by atoms with Crippen LogP contribution < -0.4 is 20.8 Å². The molecule has 0 radical (unpaired) electrons. The molecule has 0 aliphatic carbocycles. The van der Waals surface area contributed by atoms with Crippen molar-refractivity contribution in [1.82, 2.24) is 21.1 Å². The van der Waals surface area contributed by atoms with Gasteiger partial charge in [-0.3, -0.25) is 10.1 Å². The Morgan fingerprint density at radius 1 is 1.37 bits per heavy atom. The first-order valence-corrected chi connectivity index (χ1v) is 8.01. The number of aliphatic hydroxyl groups is 1. The molecule has 5 atom stereocenters. The SMILES string of the molecule is CC(c1ccc(OC(F)(F)F)c(F)c1)N1NC(CF)C2C(=O)NC(O)NC21. The van der Waals surface area contributed by atoms with Crippen molar-refractivity contribution in [3.05, 3.63) is 29.6 Å². The first-order valence-electron chi connectivity index (χ1n) is 8.01. The zero-order valence-corrected chi connectivity index (χ0v) is 13.9. The van der Waals surface area contributed by atoms with Gasteiger partial charge in [-0.1, -0.05) is 6.07 Å². The maximum absolute atomic E-state index is 14.0. The lowest BCUT2D eigenvalue weighted by Crippen LogP contribution is -2.64. The maximum Gasteiger partial charge on any atom is 0.573 e. The van der Waals surface area contributed by atoms with Crippen LogP contribution in [0, 0.1) is 11.7 Å². The lowest BCUT2D eigenvalue weighted by molar-refractivity contribution is -0.275. The smallest absolute Gasteiger partial charge is 0.403 e. The molecule has 0 saturated carbocycles. The Bertz CT molecular complexity index is 719. The summed E-state index contributed by atoms with van der Waals surface area (Å²) in [6.07, 6.45) is -7.19. The van der Waals surface area contributed by atoms with Crippen LogP contribution in [0.3, 0.4) is 0 Å². The molecule has 7 nitrogen and oxygen atoms in total. The highest BCUT2D eigenvalue weighted by Gasteiger charge is 2.51. The van der Waals surface area contributed by atoms with E-state index in [2.05, 4.69) is 20.8 Å². The fourth-order valence-corrected chi connectivity index (χ4v) is 3.32. The number of fused-ring (bicyclic) bond motifs is 1. The largest absolute Gasteiger partial charge is 0.573 e. The van der Waals surface area contributed by atoms with E-state index in [0.717, 1.165) is 12.1 Å². The van der Waals surface area contributed by atoms with Crippen molar-refractivity contribution in [2.75, 3.05) is 6.67 Å². The van der Waals surface area contributed by atoms with Gasteiger partial charge in [0.15, 0.2) is 17.9 Å². The maximum atomic E-state index is 14.0. The summed E-state index contributed by atoms with van der Waals surface area (Å²) >= 11 is 0. The van der Waals surface area contributed by atoms with Crippen molar-refractivity contribution in [2.24, 2.45) is 5.92 Å². The number of alkyl halides is 4. The number of nitrogens with one attached hydrogen (secondary N) is 3. The predicted molar refractivity (Wildman–Crippen MR) is 80.8 cm³/mol. The molecule has 1 aromatic carbocycles. The van der Waals surface area contributed by atoms with E-state index in [1.807, 2.05) is 0 Å². The van der Waals surface area contributed by atoms with Gasteiger partial charge in [-0.15, -0.1) is 13.2 Å². The van der Waals surface area contributed by atoms with Crippen LogP contribution in [0.1, 0.15) is 18.5 Å². The van der Waals surface area contributed by atoms with Crippen molar-refractivity contribution in [3.63, 3.8) is 0 Å². The number of halogens is 5. The summed E-state index contributed by atoms with van der Waals surface area (Å²) in [5.41, 5.74) is 3.05. The molecule has 12 heteroatoms. The molecule has 150 valence electrons. The van der Waals surface area contributed by atoms with Crippen LogP contribution in [0.25, 0.3) is 0 Å². The zero-order valence-electron chi connectivity index (χ0n) is 13.9. The number of nitrogens with zero attached hydrogens (tertiary/aromatic N) is 1. The van der Waals surface area contributed by atoms with Crippen LogP contribution in [-0.4, -0.2) is 47.6 Å². The Labute approximate surface area is 150 Å². The molecule has 0 spiro atoms. The van der Waals surface area contributed by atoms with Gasteiger partial charge in [-0.05, 0) is 24.6 Å². The number of aliphatic hydroxyl groups excluding tert-OH is 1. The van der Waals surface area contributed by atoms with E-state index in [-0.39, 0.29) is 5.56 Å². The van der Waals surface area contributed by atoms with Crippen LogP contribution in [0.15, 0.2) is 18.2 Å². The lowest BCUT2D eigenvalue weighted by Gasteiger charge is -2.37. The number of ether oxygens (including phenoxy) is 1. The van der Waals surface area contributed by atoms with Gasteiger partial charge in [0.25, 0.3) is 0 Å². The molecule has 1 amide bonds. The van der Waals surface area contributed by atoms with Crippen molar-refractivity contribution in [2.45, 2.75) is 37.9 Å². The molecule has 2 fully saturated rings. The van der Waals surface area contributed by atoms with Crippen LogP contribution in [0.2, 0.25) is 0 Å². The van der Waals surface area contributed by atoms with Crippen LogP contribution >= 0.6 is 0 Å². The van der Waals surface area contributed by atoms with Gasteiger partial charge in [-0.25, -0.2) is 19.2 Å². The molecule has 1 aromatic rings. The van der Waals surface area contributed by atoms with Gasteiger partial charge < -0.3 is 15.2 Å². The molecule has 3 rings (SSSR count). The molecule has 27 heavy (non-hydrogen) atoms. The molecule has 2 heterocycles. The van der Waals surface area contributed by atoms with E-state index < -0.39 is 61.0 Å². The van der Waals surface area contributed by atoms with Gasteiger partial charge in [0.05, 0.1) is 18.1 Å². The summed E-state index contributed by atoms with van der Waals surface area (Å²) in [6, 6.07) is 1.38. The summed E-state index contributed by atoms with van der Waals surface area (Å²) in [7, 11) is 0. The molecule has 0 bridgehead atoms. The molecule has 2 saturated heterocycles. The summed E-state index contributed by atoms with van der Waals surface area (Å²) in [5, 5.41) is 16.0. The number of rotatable bonds is 4. The van der Waals surface area contributed by atoms with Gasteiger partial charge in [-0.2, -0.15) is 0 Å². The predicted octanol–water partition coefficient (Wildman–Crippen LogP) is 0.881. The van der Waals surface area contributed by atoms with Crippen LogP contribution in [0.5, 0.6) is 5.75 Å². The van der Waals surface area contributed by atoms with E-state index in [9.17, 15) is 31.9 Å². The Balaban J connectivity index is 1.83. The number of hydrogen-bond donors (Lipinski definition) is 4. The minimum absolute atomic E-state index is 0.259. The third-order valence-electron chi connectivity index (χ3n) is 4.55. The first kappa shape index (κ1) is 19.7. The standard InChI is InChI=1S/C15H17F5N4O3/c1-6(7-2-3-10(8(17)4-7)27-15(18,19)20)24-12-11(9(5-16)23-24)13(25)22-14(26)21-12/h2-4,6,9,11-12,14,21,23,26H,5H2,1H3,(H,22,25). The number of carbonyl (C=O) groups excluding carboxylic acids is 1.